The number of halogens is 1. The molecule has 3 nitrogen and oxygen atoms in total. The van der Waals surface area contributed by atoms with Crippen LogP contribution in [0, 0.1) is 5.92 Å². The van der Waals surface area contributed by atoms with Crippen molar-refractivity contribution in [3.05, 3.63) is 47.0 Å². The Bertz CT molecular complexity index is 550. The van der Waals surface area contributed by atoms with Gasteiger partial charge in [0.25, 0.3) is 0 Å². The van der Waals surface area contributed by atoms with Gasteiger partial charge in [0.1, 0.15) is 0 Å². The van der Waals surface area contributed by atoms with E-state index < -0.39 is 0 Å². The number of rotatable bonds is 3. The number of benzene rings is 1. The van der Waals surface area contributed by atoms with E-state index in [2.05, 4.69) is 28.0 Å². The monoisotopic (exact) mass is 318 g/mol. The van der Waals surface area contributed by atoms with E-state index in [4.69, 9.17) is 11.6 Å². The number of hydrogen-bond donors (Lipinski definition) is 0. The third-order valence-corrected chi connectivity index (χ3v) is 4.83. The van der Waals surface area contributed by atoms with Crippen molar-refractivity contribution in [2.45, 2.75) is 25.8 Å². The average Bonchev–Trinajstić information content (AvgIpc) is 2.56. The highest BCUT2D eigenvalue weighted by Crippen LogP contribution is 2.21. The second-order valence-electron chi connectivity index (χ2n) is 6.21. The molecule has 1 aliphatic carbocycles. The molecule has 1 saturated heterocycles. The van der Waals surface area contributed by atoms with Gasteiger partial charge in [0.05, 0.1) is 0 Å². The van der Waals surface area contributed by atoms with Crippen LogP contribution in [-0.2, 0) is 11.3 Å². The quantitative estimate of drug-likeness (QED) is 0.798. The zero-order valence-electron chi connectivity index (χ0n) is 12.9. The molecule has 1 aromatic rings. The van der Waals surface area contributed by atoms with Crippen molar-refractivity contribution in [1.82, 2.24) is 9.80 Å². The summed E-state index contributed by atoms with van der Waals surface area (Å²) >= 11 is 6.04. The van der Waals surface area contributed by atoms with Crippen LogP contribution in [-0.4, -0.2) is 41.9 Å². The fourth-order valence-corrected chi connectivity index (χ4v) is 3.51. The molecule has 0 bridgehead atoms. The maximum Gasteiger partial charge on any atom is 0.226 e. The predicted octanol–water partition coefficient (Wildman–Crippen LogP) is 3.34. The Morgan fingerprint density at radius 3 is 2.68 bits per heavy atom. The van der Waals surface area contributed by atoms with Gasteiger partial charge < -0.3 is 4.90 Å². The number of carbonyl (C=O) groups is 1. The molecule has 0 N–H and O–H groups in total. The molecule has 1 amide bonds. The summed E-state index contributed by atoms with van der Waals surface area (Å²) in [4.78, 5) is 17.0. The van der Waals surface area contributed by atoms with E-state index in [1.807, 2.05) is 18.2 Å². The van der Waals surface area contributed by atoms with E-state index in [1.165, 1.54) is 5.56 Å². The van der Waals surface area contributed by atoms with Crippen LogP contribution in [0.5, 0.6) is 0 Å². The van der Waals surface area contributed by atoms with Crippen molar-refractivity contribution >= 4 is 17.5 Å². The minimum atomic E-state index is 0.212. The Kier molecular flexibility index (Phi) is 5.16. The second-order valence-corrected chi connectivity index (χ2v) is 6.65. The molecule has 118 valence electrons. The van der Waals surface area contributed by atoms with Crippen LogP contribution >= 0.6 is 11.6 Å². The van der Waals surface area contributed by atoms with Gasteiger partial charge in [-0.1, -0.05) is 35.9 Å². The molecule has 1 heterocycles. The molecule has 1 atom stereocenters. The Morgan fingerprint density at radius 2 is 2.00 bits per heavy atom. The molecule has 1 fully saturated rings. The highest BCUT2D eigenvalue weighted by atomic mass is 35.5. The van der Waals surface area contributed by atoms with Gasteiger partial charge in [-0.15, -0.1) is 0 Å². The zero-order valence-corrected chi connectivity index (χ0v) is 13.6. The fraction of sp³-hybridized carbons (Fsp3) is 0.500. The summed E-state index contributed by atoms with van der Waals surface area (Å²) in [5.41, 5.74) is 1.24. The van der Waals surface area contributed by atoms with Crippen molar-refractivity contribution in [2.24, 2.45) is 5.92 Å². The number of nitrogens with zero attached hydrogens (tertiary/aromatic N) is 2. The Balaban J connectivity index is 1.49. The lowest BCUT2D eigenvalue weighted by Crippen LogP contribution is -2.50. The van der Waals surface area contributed by atoms with Gasteiger partial charge in [0.2, 0.25) is 5.91 Å². The van der Waals surface area contributed by atoms with Crippen LogP contribution in [0.15, 0.2) is 36.4 Å². The first-order valence-electron chi connectivity index (χ1n) is 8.13. The lowest BCUT2D eigenvalue weighted by Gasteiger charge is -2.36. The Hall–Kier alpha value is -1.32. The summed E-state index contributed by atoms with van der Waals surface area (Å²) in [7, 11) is 0. The van der Waals surface area contributed by atoms with Crippen LogP contribution in [0.3, 0.4) is 0 Å². The van der Waals surface area contributed by atoms with E-state index in [9.17, 15) is 4.79 Å². The number of amides is 1. The first-order chi connectivity index (χ1) is 10.7. The van der Waals surface area contributed by atoms with Gasteiger partial charge in [-0.2, -0.15) is 0 Å². The van der Waals surface area contributed by atoms with Gasteiger partial charge in [0, 0.05) is 43.7 Å². The average molecular weight is 319 g/mol. The molecule has 1 aromatic carbocycles. The molecule has 1 unspecified atom stereocenters. The van der Waals surface area contributed by atoms with Crippen molar-refractivity contribution in [1.29, 1.82) is 0 Å². The molecule has 4 heteroatoms. The summed E-state index contributed by atoms with van der Waals surface area (Å²) in [6.07, 6.45) is 7.32. The van der Waals surface area contributed by atoms with Crippen LogP contribution in [0.25, 0.3) is 0 Å². The van der Waals surface area contributed by atoms with Crippen molar-refractivity contribution in [2.75, 3.05) is 26.2 Å². The van der Waals surface area contributed by atoms with E-state index in [0.29, 0.717) is 5.91 Å². The maximum absolute atomic E-state index is 12.5. The smallest absolute Gasteiger partial charge is 0.226 e. The molecule has 3 rings (SSSR count). The molecular formula is C18H23ClN2O. The highest BCUT2D eigenvalue weighted by molar-refractivity contribution is 6.30. The fourth-order valence-electron chi connectivity index (χ4n) is 3.30. The van der Waals surface area contributed by atoms with Crippen LogP contribution in [0.1, 0.15) is 24.8 Å². The highest BCUT2D eigenvalue weighted by Gasteiger charge is 2.27. The van der Waals surface area contributed by atoms with E-state index >= 15 is 0 Å². The van der Waals surface area contributed by atoms with Gasteiger partial charge in [-0.25, -0.2) is 0 Å². The van der Waals surface area contributed by atoms with Gasteiger partial charge in [-0.05, 0) is 37.0 Å². The summed E-state index contributed by atoms with van der Waals surface area (Å²) in [6.45, 7) is 4.50. The minimum Gasteiger partial charge on any atom is -0.340 e. The molecule has 0 spiro atoms. The van der Waals surface area contributed by atoms with Crippen molar-refractivity contribution < 1.29 is 4.79 Å². The largest absolute Gasteiger partial charge is 0.340 e. The normalized spacial score (nSPS) is 22.8. The number of allylic oxidation sites excluding steroid dienone is 2. The summed E-state index contributed by atoms with van der Waals surface area (Å²) in [5.74, 6) is 0.566. The van der Waals surface area contributed by atoms with E-state index in [-0.39, 0.29) is 5.92 Å². The van der Waals surface area contributed by atoms with Crippen LogP contribution in [0.4, 0.5) is 0 Å². The molecule has 0 radical (unpaired) electrons. The maximum atomic E-state index is 12.5. The third kappa shape index (κ3) is 3.90. The van der Waals surface area contributed by atoms with Crippen molar-refractivity contribution in [3.8, 4) is 0 Å². The SMILES string of the molecule is O=C(C1CC=CCC1)N1CCN(Cc2cccc(Cl)c2)CC1. The van der Waals surface area contributed by atoms with E-state index in [0.717, 1.165) is 57.0 Å². The topological polar surface area (TPSA) is 23.6 Å². The molecule has 22 heavy (non-hydrogen) atoms. The summed E-state index contributed by atoms with van der Waals surface area (Å²) in [5, 5.41) is 0.789. The van der Waals surface area contributed by atoms with Gasteiger partial charge >= 0.3 is 0 Å². The lowest BCUT2D eigenvalue weighted by atomic mass is 9.93. The summed E-state index contributed by atoms with van der Waals surface area (Å²) in [6, 6.07) is 8.03. The first kappa shape index (κ1) is 15.6. The molecule has 0 aromatic heterocycles. The van der Waals surface area contributed by atoms with Crippen LogP contribution < -0.4 is 0 Å². The summed E-state index contributed by atoms with van der Waals surface area (Å²) < 4.78 is 0. The van der Waals surface area contributed by atoms with Crippen LogP contribution in [0.2, 0.25) is 5.02 Å². The number of piperazine rings is 1. The zero-order chi connectivity index (χ0) is 15.4. The molecular weight excluding hydrogens is 296 g/mol. The van der Waals surface area contributed by atoms with Crippen molar-refractivity contribution in [3.63, 3.8) is 0 Å². The minimum absolute atomic E-state index is 0.212. The lowest BCUT2D eigenvalue weighted by molar-refractivity contribution is -0.137. The predicted molar refractivity (Wildman–Crippen MR) is 89.8 cm³/mol. The van der Waals surface area contributed by atoms with Gasteiger partial charge in [-0.3, -0.25) is 9.69 Å². The van der Waals surface area contributed by atoms with Gasteiger partial charge in [0.15, 0.2) is 0 Å². The third-order valence-electron chi connectivity index (χ3n) is 4.60. The Morgan fingerprint density at radius 1 is 1.18 bits per heavy atom. The molecule has 0 saturated carbocycles. The Labute approximate surface area is 137 Å². The first-order valence-corrected chi connectivity index (χ1v) is 8.51. The molecule has 1 aliphatic heterocycles. The van der Waals surface area contributed by atoms with E-state index in [1.54, 1.807) is 0 Å². The number of hydrogen-bond acceptors (Lipinski definition) is 2. The standard InChI is InChI=1S/C18H23ClN2O/c19-17-8-4-5-15(13-17)14-20-9-11-21(12-10-20)18(22)16-6-2-1-3-7-16/h1-2,4-5,8,13,16H,3,6-7,9-12,14H2. The second kappa shape index (κ2) is 7.30. The number of carbonyl (C=O) groups excluding carboxylic acids is 1. The molecule has 2 aliphatic rings.